The second kappa shape index (κ2) is 5.55. The van der Waals surface area contributed by atoms with E-state index in [9.17, 15) is 4.39 Å². The molecule has 1 aliphatic carbocycles. The molecule has 4 nitrogen and oxygen atoms in total. The van der Waals surface area contributed by atoms with E-state index in [1.807, 2.05) is 12.1 Å². The number of anilines is 2. The van der Waals surface area contributed by atoms with Gasteiger partial charge in [-0.15, -0.1) is 0 Å². The van der Waals surface area contributed by atoms with Gasteiger partial charge in [-0.05, 0) is 25.0 Å². The zero-order valence-corrected chi connectivity index (χ0v) is 12.5. The summed E-state index contributed by atoms with van der Waals surface area (Å²) in [5.41, 5.74) is 1.87. The molecule has 22 heavy (non-hydrogen) atoms. The van der Waals surface area contributed by atoms with E-state index in [-0.39, 0.29) is 5.82 Å². The van der Waals surface area contributed by atoms with Crippen LogP contribution < -0.4 is 9.80 Å². The Labute approximate surface area is 129 Å². The molecule has 0 radical (unpaired) electrons. The number of para-hydroxylation sites is 1. The van der Waals surface area contributed by atoms with Crippen LogP contribution >= 0.6 is 0 Å². The van der Waals surface area contributed by atoms with Gasteiger partial charge in [0, 0.05) is 43.9 Å². The fraction of sp³-hybridized carbons (Fsp3) is 0.412. The maximum Gasteiger partial charge on any atom is 0.146 e. The summed E-state index contributed by atoms with van der Waals surface area (Å²) >= 11 is 0. The number of rotatable bonds is 3. The molecule has 2 aliphatic rings. The number of hydrogen-bond acceptors (Lipinski definition) is 4. The van der Waals surface area contributed by atoms with Gasteiger partial charge in [0.15, 0.2) is 0 Å². The van der Waals surface area contributed by atoms with Crippen LogP contribution in [0, 0.1) is 5.82 Å². The van der Waals surface area contributed by atoms with Crippen LogP contribution in [0.1, 0.15) is 24.5 Å². The van der Waals surface area contributed by atoms with Crippen LogP contribution in [0.2, 0.25) is 0 Å². The Kier molecular flexibility index (Phi) is 3.41. The van der Waals surface area contributed by atoms with Crippen LogP contribution in [0.3, 0.4) is 0 Å². The second-order valence-corrected chi connectivity index (χ2v) is 6.00. The van der Waals surface area contributed by atoms with Gasteiger partial charge >= 0.3 is 0 Å². The number of nitrogens with zero attached hydrogens (tertiary/aromatic N) is 4. The molecule has 114 valence electrons. The standard InChI is InChI=1S/C17H19FN4/c18-14-3-1-2-4-16(14)21-7-9-22(10-8-21)17-11-15(13-5-6-13)19-12-20-17/h1-4,11-13H,5-10H2. The SMILES string of the molecule is Fc1ccccc1N1CCN(c2cc(C3CC3)ncn2)CC1. The third-order valence-corrected chi connectivity index (χ3v) is 4.47. The highest BCUT2D eigenvalue weighted by Gasteiger charge is 2.26. The summed E-state index contributed by atoms with van der Waals surface area (Å²) in [5, 5.41) is 0. The molecule has 0 spiro atoms. The Morgan fingerprint density at radius 3 is 2.41 bits per heavy atom. The van der Waals surface area contributed by atoms with Gasteiger partial charge in [-0.2, -0.15) is 0 Å². The topological polar surface area (TPSA) is 32.3 Å². The number of halogens is 1. The monoisotopic (exact) mass is 298 g/mol. The lowest BCUT2D eigenvalue weighted by Gasteiger charge is -2.36. The predicted octanol–water partition coefficient (Wildman–Crippen LogP) is 2.82. The summed E-state index contributed by atoms with van der Waals surface area (Å²) in [6.45, 7) is 3.33. The molecule has 1 aromatic heterocycles. The van der Waals surface area contributed by atoms with Crippen molar-refractivity contribution in [1.29, 1.82) is 0 Å². The molecule has 5 heteroatoms. The molecule has 2 heterocycles. The molecule has 4 rings (SSSR count). The molecule has 1 saturated heterocycles. The average molecular weight is 298 g/mol. The van der Waals surface area contributed by atoms with Gasteiger partial charge in [-0.25, -0.2) is 14.4 Å². The summed E-state index contributed by atoms with van der Waals surface area (Å²) in [6, 6.07) is 9.11. The molecule has 1 saturated carbocycles. The third-order valence-electron chi connectivity index (χ3n) is 4.47. The smallest absolute Gasteiger partial charge is 0.146 e. The largest absolute Gasteiger partial charge is 0.366 e. The normalized spacial score (nSPS) is 18.6. The van der Waals surface area contributed by atoms with Crippen molar-refractivity contribution in [3.8, 4) is 0 Å². The molecule has 2 aromatic rings. The second-order valence-electron chi connectivity index (χ2n) is 6.00. The zero-order valence-electron chi connectivity index (χ0n) is 12.5. The summed E-state index contributed by atoms with van der Waals surface area (Å²) in [7, 11) is 0. The number of aromatic nitrogens is 2. The van der Waals surface area contributed by atoms with Crippen LogP contribution in [0.5, 0.6) is 0 Å². The maximum absolute atomic E-state index is 13.9. The van der Waals surface area contributed by atoms with Crippen molar-refractivity contribution in [2.45, 2.75) is 18.8 Å². The molecule has 2 fully saturated rings. The van der Waals surface area contributed by atoms with Crippen LogP contribution in [0.25, 0.3) is 0 Å². The van der Waals surface area contributed by atoms with E-state index >= 15 is 0 Å². The molecule has 0 amide bonds. The van der Waals surface area contributed by atoms with Gasteiger partial charge in [0.2, 0.25) is 0 Å². The summed E-state index contributed by atoms with van der Waals surface area (Å²) < 4.78 is 13.9. The molecular weight excluding hydrogens is 279 g/mol. The van der Waals surface area contributed by atoms with E-state index < -0.39 is 0 Å². The first-order chi connectivity index (χ1) is 10.8. The lowest BCUT2D eigenvalue weighted by Crippen LogP contribution is -2.47. The summed E-state index contributed by atoms with van der Waals surface area (Å²) in [5.74, 6) is 1.50. The Balaban J connectivity index is 1.45. The van der Waals surface area contributed by atoms with Crippen molar-refractivity contribution >= 4 is 11.5 Å². The van der Waals surface area contributed by atoms with E-state index in [4.69, 9.17) is 0 Å². The van der Waals surface area contributed by atoms with Crippen molar-refractivity contribution in [2.24, 2.45) is 0 Å². The summed E-state index contributed by atoms with van der Waals surface area (Å²) in [6.07, 6.45) is 4.17. The van der Waals surface area contributed by atoms with Crippen LogP contribution in [0.15, 0.2) is 36.7 Å². The number of benzene rings is 1. The molecular formula is C17H19FN4. The highest BCUT2D eigenvalue weighted by molar-refractivity contribution is 5.50. The Hall–Kier alpha value is -2.17. The van der Waals surface area contributed by atoms with E-state index in [0.717, 1.165) is 32.0 Å². The minimum atomic E-state index is -0.144. The molecule has 0 bridgehead atoms. The lowest BCUT2D eigenvalue weighted by molar-refractivity contribution is 0.596. The van der Waals surface area contributed by atoms with Crippen LogP contribution in [-0.4, -0.2) is 36.1 Å². The van der Waals surface area contributed by atoms with E-state index in [2.05, 4.69) is 25.8 Å². The Morgan fingerprint density at radius 1 is 0.955 bits per heavy atom. The molecule has 1 aliphatic heterocycles. The first-order valence-corrected chi connectivity index (χ1v) is 7.87. The third kappa shape index (κ3) is 2.63. The average Bonchev–Trinajstić information content (AvgIpc) is 3.41. The molecule has 0 N–H and O–H groups in total. The Bertz CT molecular complexity index is 663. The van der Waals surface area contributed by atoms with Gasteiger partial charge < -0.3 is 9.80 Å². The van der Waals surface area contributed by atoms with Gasteiger partial charge in [0.05, 0.1) is 5.69 Å². The predicted molar refractivity (Wildman–Crippen MR) is 84.8 cm³/mol. The lowest BCUT2D eigenvalue weighted by atomic mass is 10.2. The Morgan fingerprint density at radius 2 is 1.68 bits per heavy atom. The van der Waals surface area contributed by atoms with Gasteiger partial charge in [-0.3, -0.25) is 0 Å². The van der Waals surface area contributed by atoms with Gasteiger partial charge in [0.1, 0.15) is 18.0 Å². The summed E-state index contributed by atoms with van der Waals surface area (Å²) in [4.78, 5) is 13.2. The van der Waals surface area contributed by atoms with Crippen molar-refractivity contribution in [3.05, 3.63) is 48.2 Å². The van der Waals surface area contributed by atoms with Crippen LogP contribution in [0.4, 0.5) is 15.9 Å². The minimum Gasteiger partial charge on any atom is -0.366 e. The molecule has 0 atom stereocenters. The fourth-order valence-corrected chi connectivity index (χ4v) is 3.02. The molecule has 0 unspecified atom stereocenters. The number of piperazine rings is 1. The van der Waals surface area contributed by atoms with Gasteiger partial charge in [0.25, 0.3) is 0 Å². The van der Waals surface area contributed by atoms with Crippen molar-refractivity contribution in [1.82, 2.24) is 9.97 Å². The quantitative estimate of drug-likeness (QED) is 0.872. The fourth-order valence-electron chi connectivity index (χ4n) is 3.02. The van der Waals surface area contributed by atoms with Crippen molar-refractivity contribution in [2.75, 3.05) is 36.0 Å². The zero-order chi connectivity index (χ0) is 14.9. The maximum atomic E-state index is 13.9. The van der Waals surface area contributed by atoms with Crippen LogP contribution in [-0.2, 0) is 0 Å². The highest BCUT2D eigenvalue weighted by atomic mass is 19.1. The van der Waals surface area contributed by atoms with Crippen molar-refractivity contribution < 1.29 is 4.39 Å². The number of hydrogen-bond donors (Lipinski definition) is 0. The highest BCUT2D eigenvalue weighted by Crippen LogP contribution is 2.39. The van der Waals surface area contributed by atoms with Gasteiger partial charge in [-0.1, -0.05) is 12.1 Å². The van der Waals surface area contributed by atoms with Crippen molar-refractivity contribution in [3.63, 3.8) is 0 Å². The van der Waals surface area contributed by atoms with E-state index in [1.54, 1.807) is 12.4 Å². The first kappa shape index (κ1) is 13.5. The van der Waals surface area contributed by atoms with E-state index in [0.29, 0.717) is 11.6 Å². The molecule has 1 aromatic carbocycles. The first-order valence-electron chi connectivity index (χ1n) is 7.87. The minimum absolute atomic E-state index is 0.144. The van der Waals surface area contributed by atoms with E-state index in [1.165, 1.54) is 24.6 Å².